The van der Waals surface area contributed by atoms with Crippen molar-refractivity contribution in [3.63, 3.8) is 0 Å². The van der Waals surface area contributed by atoms with Gasteiger partial charge >= 0.3 is 0 Å². The Hall–Kier alpha value is -3.34. The summed E-state index contributed by atoms with van der Waals surface area (Å²) in [6.07, 6.45) is 0. The molecule has 0 aliphatic heterocycles. The Morgan fingerprint density at radius 1 is 0.846 bits per heavy atom. The molecule has 0 bridgehead atoms. The number of carbonyl (C=O) groups is 2. The molecular weight excluding hydrogens is 336 g/mol. The van der Waals surface area contributed by atoms with Crippen LogP contribution in [0.25, 0.3) is 0 Å². The van der Waals surface area contributed by atoms with E-state index in [1.807, 2.05) is 0 Å². The maximum atomic E-state index is 14.0. The molecule has 3 nitrogen and oxygen atoms in total. The summed E-state index contributed by atoms with van der Waals surface area (Å²) >= 11 is 0. The van der Waals surface area contributed by atoms with Crippen molar-refractivity contribution in [3.05, 3.63) is 101 Å². The second-order valence-electron chi connectivity index (χ2n) is 5.82. The summed E-state index contributed by atoms with van der Waals surface area (Å²) in [5, 5.41) is 2.48. The number of hydrogen-bond donors (Lipinski definition) is 1. The molecule has 0 heterocycles. The Balaban J connectivity index is 1.92. The highest BCUT2D eigenvalue weighted by Gasteiger charge is 2.19. The lowest BCUT2D eigenvalue weighted by Gasteiger charge is -2.11. The van der Waals surface area contributed by atoms with Crippen LogP contribution in [0.1, 0.15) is 31.8 Å². The van der Waals surface area contributed by atoms with Gasteiger partial charge < -0.3 is 5.32 Å². The van der Waals surface area contributed by atoms with Gasteiger partial charge in [-0.05, 0) is 55.0 Å². The van der Waals surface area contributed by atoms with Gasteiger partial charge in [-0.15, -0.1) is 0 Å². The molecule has 0 spiro atoms. The van der Waals surface area contributed by atoms with Crippen molar-refractivity contribution in [2.75, 3.05) is 5.32 Å². The van der Waals surface area contributed by atoms with Crippen molar-refractivity contribution in [2.45, 2.75) is 6.92 Å². The normalized spacial score (nSPS) is 10.4. The third-order valence-corrected chi connectivity index (χ3v) is 3.90. The summed E-state index contributed by atoms with van der Waals surface area (Å²) in [6.45, 7) is 1.74. The molecule has 0 saturated heterocycles. The number of anilines is 1. The van der Waals surface area contributed by atoms with Gasteiger partial charge in [0.15, 0.2) is 5.78 Å². The van der Waals surface area contributed by atoms with E-state index in [9.17, 15) is 18.4 Å². The summed E-state index contributed by atoms with van der Waals surface area (Å²) in [7, 11) is 0. The van der Waals surface area contributed by atoms with E-state index in [1.54, 1.807) is 25.1 Å². The Morgan fingerprint density at radius 3 is 2.15 bits per heavy atom. The molecule has 1 amide bonds. The first-order chi connectivity index (χ1) is 12.5. The van der Waals surface area contributed by atoms with Crippen molar-refractivity contribution in [3.8, 4) is 0 Å². The summed E-state index contributed by atoms with van der Waals surface area (Å²) in [5.74, 6) is -2.03. The molecule has 0 atom stereocenters. The minimum atomic E-state index is -0.598. The number of aryl methyl sites for hydroxylation is 1. The Morgan fingerprint density at radius 2 is 1.50 bits per heavy atom. The minimum Gasteiger partial charge on any atom is -0.319 e. The number of hydrogen-bond acceptors (Lipinski definition) is 2. The van der Waals surface area contributed by atoms with E-state index in [1.165, 1.54) is 48.5 Å². The lowest BCUT2D eigenvalue weighted by Crippen LogP contribution is -2.17. The van der Waals surface area contributed by atoms with Crippen LogP contribution in [-0.4, -0.2) is 11.7 Å². The van der Waals surface area contributed by atoms with Gasteiger partial charge in [-0.25, -0.2) is 8.78 Å². The smallest absolute Gasteiger partial charge is 0.256 e. The number of benzene rings is 3. The van der Waals surface area contributed by atoms with E-state index in [-0.39, 0.29) is 22.4 Å². The SMILES string of the molecule is Cc1ccc(NC(=O)c2ccccc2C(=O)c2ccc(F)cc2)c(F)c1. The quantitative estimate of drug-likeness (QED) is 0.689. The molecule has 130 valence electrons. The molecule has 0 aliphatic carbocycles. The van der Waals surface area contributed by atoms with E-state index in [4.69, 9.17) is 0 Å². The molecule has 1 N–H and O–H groups in total. The van der Waals surface area contributed by atoms with Gasteiger partial charge in [-0.3, -0.25) is 9.59 Å². The van der Waals surface area contributed by atoms with Crippen LogP contribution in [0.15, 0.2) is 66.7 Å². The van der Waals surface area contributed by atoms with Crippen molar-refractivity contribution >= 4 is 17.4 Å². The van der Waals surface area contributed by atoms with Crippen LogP contribution in [0.3, 0.4) is 0 Å². The third kappa shape index (κ3) is 3.67. The van der Waals surface area contributed by atoms with E-state index in [0.29, 0.717) is 0 Å². The maximum Gasteiger partial charge on any atom is 0.256 e. The van der Waals surface area contributed by atoms with Crippen molar-refractivity contribution in [1.82, 2.24) is 0 Å². The van der Waals surface area contributed by atoms with Crippen LogP contribution < -0.4 is 5.32 Å². The molecule has 3 rings (SSSR count). The maximum absolute atomic E-state index is 14.0. The van der Waals surface area contributed by atoms with Gasteiger partial charge in [-0.2, -0.15) is 0 Å². The second kappa shape index (κ2) is 7.27. The highest BCUT2D eigenvalue weighted by molar-refractivity contribution is 6.17. The Bertz CT molecular complexity index is 982. The third-order valence-electron chi connectivity index (χ3n) is 3.90. The van der Waals surface area contributed by atoms with E-state index < -0.39 is 23.3 Å². The van der Waals surface area contributed by atoms with Gasteiger partial charge in [0.05, 0.1) is 11.3 Å². The summed E-state index contributed by atoms with van der Waals surface area (Å²) in [6, 6.07) is 15.7. The number of ketones is 1. The van der Waals surface area contributed by atoms with Crippen molar-refractivity contribution < 1.29 is 18.4 Å². The molecule has 0 fully saturated rings. The Kier molecular flexibility index (Phi) is 4.89. The molecule has 0 saturated carbocycles. The molecule has 0 radical (unpaired) electrons. The summed E-state index contributed by atoms with van der Waals surface area (Å²) in [4.78, 5) is 25.2. The fourth-order valence-corrected chi connectivity index (χ4v) is 2.55. The average Bonchev–Trinajstić information content (AvgIpc) is 2.64. The van der Waals surface area contributed by atoms with Gasteiger partial charge in [0, 0.05) is 11.1 Å². The highest BCUT2D eigenvalue weighted by atomic mass is 19.1. The van der Waals surface area contributed by atoms with E-state index >= 15 is 0 Å². The Labute approximate surface area is 149 Å². The monoisotopic (exact) mass is 351 g/mol. The molecule has 3 aromatic carbocycles. The first-order valence-corrected chi connectivity index (χ1v) is 7.92. The van der Waals surface area contributed by atoms with Gasteiger partial charge in [0.1, 0.15) is 11.6 Å². The molecule has 26 heavy (non-hydrogen) atoms. The van der Waals surface area contributed by atoms with Gasteiger partial charge in [-0.1, -0.05) is 24.3 Å². The first kappa shape index (κ1) is 17.5. The van der Waals surface area contributed by atoms with Crippen LogP contribution in [0.5, 0.6) is 0 Å². The molecule has 5 heteroatoms. The number of rotatable bonds is 4. The fourth-order valence-electron chi connectivity index (χ4n) is 2.55. The lowest BCUT2D eigenvalue weighted by atomic mass is 9.98. The molecule has 0 unspecified atom stereocenters. The number of amides is 1. The predicted molar refractivity (Wildman–Crippen MR) is 95.4 cm³/mol. The van der Waals surface area contributed by atoms with E-state index in [2.05, 4.69) is 5.32 Å². The van der Waals surface area contributed by atoms with Crippen LogP contribution in [-0.2, 0) is 0 Å². The standard InChI is InChI=1S/C21H15F2NO2/c1-13-6-11-19(18(23)12-13)24-21(26)17-5-3-2-4-16(17)20(25)14-7-9-15(22)10-8-14/h2-12H,1H3,(H,24,26). The topological polar surface area (TPSA) is 46.2 Å². The van der Waals surface area contributed by atoms with Gasteiger partial charge in [0.2, 0.25) is 0 Å². The van der Waals surface area contributed by atoms with Crippen molar-refractivity contribution in [1.29, 1.82) is 0 Å². The average molecular weight is 351 g/mol. The molecular formula is C21H15F2NO2. The zero-order chi connectivity index (χ0) is 18.7. The zero-order valence-corrected chi connectivity index (χ0v) is 13.9. The molecule has 0 aromatic heterocycles. The van der Waals surface area contributed by atoms with Crippen LogP contribution in [0.4, 0.5) is 14.5 Å². The summed E-state index contributed by atoms with van der Waals surface area (Å²) < 4.78 is 27.0. The van der Waals surface area contributed by atoms with Crippen molar-refractivity contribution in [2.24, 2.45) is 0 Å². The molecule has 0 aliphatic rings. The van der Waals surface area contributed by atoms with Crippen LogP contribution in [0.2, 0.25) is 0 Å². The number of halogens is 2. The lowest BCUT2D eigenvalue weighted by molar-refractivity contribution is 0.0996. The largest absolute Gasteiger partial charge is 0.319 e. The highest BCUT2D eigenvalue weighted by Crippen LogP contribution is 2.19. The minimum absolute atomic E-state index is 0.0321. The fraction of sp³-hybridized carbons (Fsp3) is 0.0476. The van der Waals surface area contributed by atoms with Gasteiger partial charge in [0.25, 0.3) is 5.91 Å². The first-order valence-electron chi connectivity index (χ1n) is 7.92. The zero-order valence-electron chi connectivity index (χ0n) is 13.9. The second-order valence-corrected chi connectivity index (χ2v) is 5.82. The van der Waals surface area contributed by atoms with Crippen LogP contribution in [0, 0.1) is 18.6 Å². The number of carbonyl (C=O) groups excluding carboxylic acids is 2. The summed E-state index contributed by atoms with van der Waals surface area (Å²) in [5.41, 5.74) is 1.29. The van der Waals surface area contributed by atoms with E-state index in [0.717, 1.165) is 5.56 Å². The van der Waals surface area contributed by atoms with Crippen LogP contribution >= 0.6 is 0 Å². The number of nitrogens with one attached hydrogen (secondary N) is 1. The molecule has 3 aromatic rings. The predicted octanol–water partition coefficient (Wildman–Crippen LogP) is 4.76.